The Bertz CT molecular complexity index is 1700. The lowest BCUT2D eigenvalue weighted by Crippen LogP contribution is -2.30. The van der Waals surface area contributed by atoms with Crippen LogP contribution in [0.25, 0.3) is 0 Å². The molecule has 1 unspecified atom stereocenters. The molecule has 0 fully saturated rings. The van der Waals surface area contributed by atoms with E-state index in [0.717, 1.165) is 135 Å². The number of esters is 3. The molecule has 0 aromatic heterocycles. The topological polar surface area (TPSA) is 78.9 Å². The van der Waals surface area contributed by atoms with E-state index < -0.39 is 6.10 Å². The molecule has 0 amide bonds. The largest absolute Gasteiger partial charge is 0.462 e. The maximum Gasteiger partial charge on any atom is 0.306 e. The maximum absolute atomic E-state index is 12.9. The Morgan fingerprint density at radius 1 is 0.273 bits per heavy atom. The number of allylic oxidation sites excluding steroid dienone is 24. The number of carbonyl (C=O) groups excluding carboxylic acids is 3. The first kappa shape index (κ1) is 72.3. The Labute approximate surface area is 474 Å². The average Bonchev–Trinajstić information content (AvgIpc) is 3.43. The Morgan fingerprint density at radius 2 is 0.519 bits per heavy atom. The molecule has 0 aliphatic heterocycles. The van der Waals surface area contributed by atoms with Gasteiger partial charge in [0, 0.05) is 19.3 Å². The predicted molar refractivity (Wildman–Crippen MR) is 334 cm³/mol. The van der Waals surface area contributed by atoms with Crippen LogP contribution in [0, 0.1) is 0 Å². The van der Waals surface area contributed by atoms with Crippen LogP contribution in [-0.4, -0.2) is 37.2 Å². The van der Waals surface area contributed by atoms with Crippen LogP contribution in [0.5, 0.6) is 0 Å². The molecule has 0 aromatic rings. The van der Waals surface area contributed by atoms with Crippen LogP contribution in [0.2, 0.25) is 0 Å². The predicted octanol–water partition coefficient (Wildman–Crippen LogP) is 21.5. The van der Waals surface area contributed by atoms with Crippen LogP contribution in [0.4, 0.5) is 0 Å². The van der Waals surface area contributed by atoms with E-state index in [2.05, 4.69) is 167 Å². The summed E-state index contributed by atoms with van der Waals surface area (Å²) >= 11 is 0. The van der Waals surface area contributed by atoms with Crippen LogP contribution in [0.3, 0.4) is 0 Å². The molecule has 434 valence electrons. The lowest BCUT2D eigenvalue weighted by Gasteiger charge is -2.18. The molecule has 0 heterocycles. The number of hydrogen-bond acceptors (Lipinski definition) is 6. The van der Waals surface area contributed by atoms with Crippen molar-refractivity contribution in [1.29, 1.82) is 0 Å². The fourth-order valence-electron chi connectivity index (χ4n) is 8.18. The minimum absolute atomic E-state index is 0.112. The van der Waals surface area contributed by atoms with Crippen LogP contribution < -0.4 is 0 Å². The molecule has 0 radical (unpaired) electrons. The zero-order valence-electron chi connectivity index (χ0n) is 49.7. The summed E-state index contributed by atoms with van der Waals surface area (Å²) in [6.45, 7) is 6.35. The molecule has 0 saturated heterocycles. The van der Waals surface area contributed by atoms with E-state index in [4.69, 9.17) is 14.2 Å². The Kier molecular flexibility index (Phi) is 59.9. The molecule has 77 heavy (non-hydrogen) atoms. The van der Waals surface area contributed by atoms with Crippen LogP contribution in [0.1, 0.15) is 265 Å². The molecule has 0 saturated carbocycles. The minimum atomic E-state index is -0.822. The molecule has 0 N–H and O–H groups in total. The third-order valence-corrected chi connectivity index (χ3v) is 12.8. The Morgan fingerprint density at radius 3 is 0.844 bits per heavy atom. The van der Waals surface area contributed by atoms with E-state index in [1.165, 1.54) is 83.5 Å². The summed E-state index contributed by atoms with van der Waals surface area (Å²) in [6, 6.07) is 0. The maximum atomic E-state index is 12.9. The molecule has 0 bridgehead atoms. The average molecular weight is 1060 g/mol. The van der Waals surface area contributed by atoms with E-state index in [1.807, 2.05) is 0 Å². The van der Waals surface area contributed by atoms with Gasteiger partial charge in [-0.05, 0) is 135 Å². The quantitative estimate of drug-likeness (QED) is 0.0261. The van der Waals surface area contributed by atoms with Gasteiger partial charge in [0.25, 0.3) is 0 Å². The standard InChI is InChI=1S/C71H114O6/c1-4-7-10-13-16-19-22-25-28-30-31-32-33-34-35-36-37-38-39-41-43-46-49-52-55-58-61-64-70(73)76-67-68(66-75-69(72)63-60-57-54-51-48-45-42-27-24-21-18-15-12-9-6-3)77-71(74)65-62-59-56-53-50-47-44-40-29-26-23-20-17-14-11-8-5-2/h7-8,10-11,16-17,19-20,25-29,31-32,34-35,37-38,42,44,47,53,56,68H,4-6,9,12-15,18,21-24,30,33,36,39-41,43,45-46,48-52,54-55,57-67H2,1-3H3/b10-7-,11-8-,19-16-,20-17-,28-25-,29-26-,32-31-,35-34-,38-37-,42-27-,47-44-,56-53-. The molecule has 0 spiro atoms. The fraction of sp³-hybridized carbons (Fsp3) is 0.620. The van der Waals surface area contributed by atoms with Crippen molar-refractivity contribution in [1.82, 2.24) is 0 Å². The van der Waals surface area contributed by atoms with Crippen LogP contribution >= 0.6 is 0 Å². The van der Waals surface area contributed by atoms with Gasteiger partial charge in [-0.25, -0.2) is 0 Å². The van der Waals surface area contributed by atoms with Gasteiger partial charge in [-0.3, -0.25) is 14.4 Å². The fourth-order valence-corrected chi connectivity index (χ4v) is 8.18. The van der Waals surface area contributed by atoms with E-state index in [1.54, 1.807) is 0 Å². The molecule has 1 atom stereocenters. The SMILES string of the molecule is CC/C=C\C/C=C\C/C=C\C/C=C\C/C=C\C/C=C\CCCCCCCCCCC(=O)OCC(COC(=O)CCCCCCC/C=C\CCCCCCCC)OC(=O)CCC/C=C\C/C=C\C/C=C\C/C=C\C/C=C\CC. The summed E-state index contributed by atoms with van der Waals surface area (Å²) in [4.78, 5) is 38.3. The Balaban J connectivity index is 4.45. The molecule has 0 aliphatic carbocycles. The number of unbranched alkanes of at least 4 members (excludes halogenated alkanes) is 20. The smallest absolute Gasteiger partial charge is 0.306 e. The molecule has 0 rings (SSSR count). The second-order valence-corrected chi connectivity index (χ2v) is 20.2. The van der Waals surface area contributed by atoms with Gasteiger partial charge in [0.05, 0.1) is 0 Å². The lowest BCUT2D eigenvalue weighted by atomic mass is 10.1. The molecular formula is C71H114O6. The number of hydrogen-bond donors (Lipinski definition) is 0. The van der Waals surface area contributed by atoms with Crippen LogP contribution in [0.15, 0.2) is 146 Å². The first-order valence-corrected chi connectivity index (χ1v) is 31.3. The molecule has 0 aromatic carbocycles. The van der Waals surface area contributed by atoms with Gasteiger partial charge in [-0.15, -0.1) is 0 Å². The minimum Gasteiger partial charge on any atom is -0.462 e. The molecule has 6 nitrogen and oxygen atoms in total. The number of rotatable bonds is 55. The van der Waals surface area contributed by atoms with E-state index in [0.29, 0.717) is 19.3 Å². The van der Waals surface area contributed by atoms with Crippen molar-refractivity contribution in [2.75, 3.05) is 13.2 Å². The van der Waals surface area contributed by atoms with Gasteiger partial charge in [0.15, 0.2) is 6.10 Å². The van der Waals surface area contributed by atoms with Gasteiger partial charge in [-0.2, -0.15) is 0 Å². The summed E-state index contributed by atoms with van der Waals surface area (Å²) in [5.41, 5.74) is 0. The van der Waals surface area contributed by atoms with Gasteiger partial charge in [-0.1, -0.05) is 256 Å². The van der Waals surface area contributed by atoms with Crippen LogP contribution in [-0.2, 0) is 28.6 Å². The summed E-state index contributed by atoms with van der Waals surface area (Å²) in [7, 11) is 0. The van der Waals surface area contributed by atoms with Crippen molar-refractivity contribution in [2.24, 2.45) is 0 Å². The van der Waals surface area contributed by atoms with Gasteiger partial charge in [0.1, 0.15) is 13.2 Å². The highest BCUT2D eigenvalue weighted by Gasteiger charge is 2.19. The monoisotopic (exact) mass is 1060 g/mol. The van der Waals surface area contributed by atoms with Crippen molar-refractivity contribution in [3.8, 4) is 0 Å². The second-order valence-electron chi connectivity index (χ2n) is 20.2. The zero-order valence-corrected chi connectivity index (χ0v) is 49.7. The zero-order chi connectivity index (χ0) is 55.7. The van der Waals surface area contributed by atoms with E-state index in [-0.39, 0.29) is 37.5 Å². The van der Waals surface area contributed by atoms with Crippen molar-refractivity contribution in [3.05, 3.63) is 146 Å². The molecular weight excluding hydrogens is 949 g/mol. The van der Waals surface area contributed by atoms with E-state index in [9.17, 15) is 14.4 Å². The molecule has 0 aliphatic rings. The van der Waals surface area contributed by atoms with Crippen molar-refractivity contribution < 1.29 is 28.6 Å². The van der Waals surface area contributed by atoms with Crippen molar-refractivity contribution in [2.45, 2.75) is 271 Å². The normalized spacial score (nSPS) is 13.1. The van der Waals surface area contributed by atoms with Gasteiger partial charge in [0.2, 0.25) is 0 Å². The number of ether oxygens (including phenoxy) is 3. The highest BCUT2D eigenvalue weighted by molar-refractivity contribution is 5.71. The highest BCUT2D eigenvalue weighted by atomic mass is 16.6. The first-order chi connectivity index (χ1) is 38.0. The highest BCUT2D eigenvalue weighted by Crippen LogP contribution is 2.14. The van der Waals surface area contributed by atoms with Crippen molar-refractivity contribution in [3.63, 3.8) is 0 Å². The van der Waals surface area contributed by atoms with Gasteiger partial charge < -0.3 is 14.2 Å². The first-order valence-electron chi connectivity index (χ1n) is 31.3. The van der Waals surface area contributed by atoms with E-state index >= 15 is 0 Å². The third kappa shape index (κ3) is 62.0. The summed E-state index contributed by atoms with van der Waals surface area (Å²) in [5, 5.41) is 0. The summed E-state index contributed by atoms with van der Waals surface area (Å²) in [5.74, 6) is -0.989. The second kappa shape index (κ2) is 63.8. The summed E-state index contributed by atoms with van der Waals surface area (Å²) in [6.07, 6.45) is 91.4. The van der Waals surface area contributed by atoms with Gasteiger partial charge >= 0.3 is 17.9 Å². The lowest BCUT2D eigenvalue weighted by molar-refractivity contribution is -0.167. The summed E-state index contributed by atoms with van der Waals surface area (Å²) < 4.78 is 16.8. The molecule has 6 heteroatoms. The van der Waals surface area contributed by atoms with Crippen molar-refractivity contribution >= 4 is 17.9 Å². The third-order valence-electron chi connectivity index (χ3n) is 12.8. The Hall–Kier alpha value is -4.71. The number of carbonyl (C=O) groups is 3.